The number of hydrogen-bond donors (Lipinski definition) is 0. The number of halogens is 1. The molecule has 0 saturated carbocycles. The lowest BCUT2D eigenvalue weighted by Crippen LogP contribution is -2.34. The molecule has 2 aromatic carbocycles. The van der Waals surface area contributed by atoms with Crippen molar-refractivity contribution in [2.24, 2.45) is 0 Å². The first kappa shape index (κ1) is 26.1. The van der Waals surface area contributed by atoms with Gasteiger partial charge in [-0.2, -0.15) is 0 Å². The third kappa shape index (κ3) is 7.47. The molecule has 2 aromatic rings. The van der Waals surface area contributed by atoms with Crippen LogP contribution in [0.5, 0.6) is 5.75 Å². The Balaban J connectivity index is 2.10. The summed E-state index contributed by atoms with van der Waals surface area (Å²) in [5, 5.41) is 0. The van der Waals surface area contributed by atoms with E-state index >= 15 is 0 Å². The van der Waals surface area contributed by atoms with Crippen LogP contribution in [-0.4, -0.2) is 61.1 Å². The van der Waals surface area contributed by atoms with Gasteiger partial charge in [0.2, 0.25) is 0 Å². The summed E-state index contributed by atoms with van der Waals surface area (Å²) in [6.07, 6.45) is 0. The molecule has 0 heterocycles. The Morgan fingerprint density at radius 1 is 1.03 bits per heavy atom. The van der Waals surface area contributed by atoms with E-state index in [2.05, 4.69) is 15.9 Å². The van der Waals surface area contributed by atoms with Crippen LogP contribution in [0.15, 0.2) is 51.8 Å². The lowest BCUT2D eigenvalue weighted by molar-refractivity contribution is -0.148. The Morgan fingerprint density at radius 3 is 2.38 bits per heavy atom. The quantitative estimate of drug-likeness (QED) is 0.289. The maximum Gasteiger partial charge on any atom is 0.332 e. The molecule has 2 rings (SSSR count). The lowest BCUT2D eigenvalue weighted by atomic mass is 10.2. The van der Waals surface area contributed by atoms with Crippen molar-refractivity contribution >= 4 is 37.6 Å². The fraction of sp³-hybridized carbons (Fsp3) is 0.409. The first-order valence-corrected chi connectivity index (χ1v) is 12.3. The highest BCUT2D eigenvalue weighted by Gasteiger charge is 2.28. The summed E-state index contributed by atoms with van der Waals surface area (Å²) in [5.41, 5.74) is 1.30. The van der Waals surface area contributed by atoms with E-state index in [1.54, 1.807) is 49.4 Å². The fourth-order valence-electron chi connectivity index (χ4n) is 2.83. The van der Waals surface area contributed by atoms with Gasteiger partial charge >= 0.3 is 5.97 Å². The molecule has 0 aliphatic carbocycles. The van der Waals surface area contributed by atoms with Crippen molar-refractivity contribution in [1.29, 1.82) is 0 Å². The number of ether oxygens (including phenoxy) is 4. The second-order valence-electron chi connectivity index (χ2n) is 6.68. The summed E-state index contributed by atoms with van der Waals surface area (Å²) in [4.78, 5) is 11.3. The summed E-state index contributed by atoms with van der Waals surface area (Å²) < 4.78 is 50.0. The van der Waals surface area contributed by atoms with Crippen molar-refractivity contribution in [3.8, 4) is 5.75 Å². The van der Waals surface area contributed by atoms with Gasteiger partial charge in [-0.3, -0.25) is 4.31 Å². The molecule has 0 spiro atoms. The molecule has 0 N–H and O–H groups in total. The molecule has 0 amide bonds. The summed E-state index contributed by atoms with van der Waals surface area (Å²) in [7, 11) is -2.49. The molecule has 0 aliphatic rings. The highest BCUT2D eigenvalue weighted by molar-refractivity contribution is 9.10. The summed E-state index contributed by atoms with van der Waals surface area (Å²) in [6.45, 7) is 4.30. The number of rotatable bonds is 13. The van der Waals surface area contributed by atoms with E-state index in [0.717, 1.165) is 10.0 Å². The molecule has 176 valence electrons. The predicted octanol–water partition coefficient (Wildman–Crippen LogP) is 3.56. The molecule has 8 nitrogen and oxygen atoms in total. The minimum Gasteiger partial charge on any atom is -0.495 e. The molecular weight excluding hydrogens is 502 g/mol. The number of hydrogen-bond acceptors (Lipinski definition) is 7. The second-order valence-corrected chi connectivity index (χ2v) is 9.42. The van der Waals surface area contributed by atoms with Gasteiger partial charge in [0.25, 0.3) is 10.0 Å². The molecule has 32 heavy (non-hydrogen) atoms. The maximum absolute atomic E-state index is 13.6. The standard InChI is InChI=1S/C22H28BrNO7S/c1-4-31-22(25)16-30-14-13-29-12-11-24(19-8-6-18(23)7-9-19)32(26,27)21-15-17(2)5-10-20(21)28-3/h5-10,15H,4,11-14,16H2,1-3H3. The van der Waals surface area contributed by atoms with Crippen LogP contribution in [0.2, 0.25) is 0 Å². The molecule has 10 heteroatoms. The number of carbonyl (C=O) groups excluding carboxylic acids is 1. The molecule has 0 radical (unpaired) electrons. The third-order valence-electron chi connectivity index (χ3n) is 4.34. The van der Waals surface area contributed by atoms with Crippen LogP contribution < -0.4 is 9.04 Å². The summed E-state index contributed by atoms with van der Waals surface area (Å²) >= 11 is 3.37. The molecule has 0 bridgehead atoms. The Kier molecular flexibility index (Phi) is 10.4. The smallest absolute Gasteiger partial charge is 0.332 e. The predicted molar refractivity (Wildman–Crippen MR) is 125 cm³/mol. The fourth-order valence-corrected chi connectivity index (χ4v) is 4.78. The molecule has 0 saturated heterocycles. The largest absolute Gasteiger partial charge is 0.495 e. The number of esters is 1. The van der Waals surface area contributed by atoms with Gasteiger partial charge in [-0.25, -0.2) is 13.2 Å². The van der Waals surface area contributed by atoms with Crippen LogP contribution in [0.25, 0.3) is 0 Å². The zero-order chi connectivity index (χ0) is 23.6. The Hall–Kier alpha value is -2.14. The summed E-state index contributed by atoms with van der Waals surface area (Å²) in [5.74, 6) is -0.168. The zero-order valence-corrected chi connectivity index (χ0v) is 20.8. The Labute approximate surface area is 197 Å². The molecule has 0 atom stereocenters. The number of nitrogens with zero attached hydrogens (tertiary/aromatic N) is 1. The van der Waals surface area contributed by atoms with Crippen molar-refractivity contribution in [2.45, 2.75) is 18.7 Å². The van der Waals surface area contributed by atoms with E-state index in [9.17, 15) is 13.2 Å². The van der Waals surface area contributed by atoms with Gasteiger partial charge in [0, 0.05) is 4.47 Å². The zero-order valence-electron chi connectivity index (χ0n) is 18.4. The van der Waals surface area contributed by atoms with Crippen LogP contribution in [-0.2, 0) is 29.0 Å². The van der Waals surface area contributed by atoms with Gasteiger partial charge in [0.1, 0.15) is 17.3 Å². The van der Waals surface area contributed by atoms with Crippen molar-refractivity contribution in [1.82, 2.24) is 0 Å². The average Bonchev–Trinajstić information content (AvgIpc) is 2.76. The van der Waals surface area contributed by atoms with Crippen LogP contribution >= 0.6 is 15.9 Å². The van der Waals surface area contributed by atoms with Crippen molar-refractivity contribution in [2.75, 3.05) is 51.0 Å². The van der Waals surface area contributed by atoms with Gasteiger partial charge in [0.15, 0.2) is 0 Å². The van der Waals surface area contributed by atoms with E-state index in [1.165, 1.54) is 11.4 Å². The van der Waals surface area contributed by atoms with Crippen molar-refractivity contribution in [3.05, 3.63) is 52.5 Å². The first-order valence-electron chi connectivity index (χ1n) is 10.0. The normalized spacial score (nSPS) is 11.2. The minimum atomic E-state index is -3.93. The van der Waals surface area contributed by atoms with Gasteiger partial charge in [0.05, 0.1) is 45.8 Å². The number of aryl methyl sites for hydroxylation is 1. The molecular formula is C22H28BrNO7S. The molecule has 0 unspecified atom stereocenters. The first-order chi connectivity index (χ1) is 15.3. The van der Waals surface area contributed by atoms with Crippen molar-refractivity contribution < 1.29 is 32.2 Å². The highest BCUT2D eigenvalue weighted by Crippen LogP contribution is 2.31. The third-order valence-corrected chi connectivity index (χ3v) is 6.71. The average molecular weight is 530 g/mol. The van der Waals surface area contributed by atoms with Gasteiger partial charge in [-0.1, -0.05) is 22.0 Å². The van der Waals surface area contributed by atoms with Crippen LogP contribution in [0.1, 0.15) is 12.5 Å². The Bertz CT molecular complexity index is 980. The van der Waals surface area contributed by atoms with Gasteiger partial charge in [-0.05, 0) is 55.8 Å². The minimum absolute atomic E-state index is 0.0823. The number of benzene rings is 2. The van der Waals surface area contributed by atoms with Gasteiger partial charge in [-0.15, -0.1) is 0 Å². The van der Waals surface area contributed by atoms with E-state index in [4.69, 9.17) is 18.9 Å². The van der Waals surface area contributed by atoms with Crippen LogP contribution in [0.3, 0.4) is 0 Å². The molecule has 0 aliphatic heterocycles. The number of sulfonamides is 1. The molecule has 0 fully saturated rings. The SMILES string of the molecule is CCOC(=O)COCCOCCN(c1ccc(Br)cc1)S(=O)(=O)c1cc(C)ccc1OC. The highest BCUT2D eigenvalue weighted by atomic mass is 79.9. The number of carbonyl (C=O) groups is 1. The van der Waals surface area contributed by atoms with Crippen LogP contribution in [0.4, 0.5) is 5.69 Å². The molecule has 0 aromatic heterocycles. The topological polar surface area (TPSA) is 91.4 Å². The maximum atomic E-state index is 13.6. The van der Waals surface area contributed by atoms with Gasteiger partial charge < -0.3 is 18.9 Å². The number of anilines is 1. The monoisotopic (exact) mass is 529 g/mol. The van der Waals surface area contributed by atoms with E-state index in [0.29, 0.717) is 12.3 Å². The van der Waals surface area contributed by atoms with Crippen molar-refractivity contribution in [3.63, 3.8) is 0 Å². The second kappa shape index (κ2) is 12.8. The van der Waals surface area contributed by atoms with Crippen LogP contribution in [0, 0.1) is 6.92 Å². The number of methoxy groups -OCH3 is 1. The Morgan fingerprint density at radius 2 is 1.72 bits per heavy atom. The van der Waals surface area contributed by atoms with E-state index in [-0.39, 0.29) is 43.6 Å². The van der Waals surface area contributed by atoms with E-state index in [1.807, 2.05) is 6.92 Å². The summed E-state index contributed by atoms with van der Waals surface area (Å²) in [6, 6.07) is 12.0. The lowest BCUT2D eigenvalue weighted by Gasteiger charge is -2.25. The van der Waals surface area contributed by atoms with E-state index < -0.39 is 16.0 Å².